The Bertz CT molecular complexity index is 337. The smallest absolute Gasteiger partial charge is 0.0445 e. The number of aliphatic hydroxyl groups is 1. The van der Waals surface area contributed by atoms with E-state index in [0.29, 0.717) is 12.0 Å². The van der Waals surface area contributed by atoms with E-state index in [-0.39, 0.29) is 6.61 Å². The number of nitrogens with one attached hydrogen (secondary N) is 1. The molecule has 0 bridgehead atoms. The minimum atomic E-state index is 0.284. The highest BCUT2D eigenvalue weighted by atomic mass is 16.3. The van der Waals surface area contributed by atoms with Crippen LogP contribution in [-0.2, 0) is 6.42 Å². The summed E-state index contributed by atoms with van der Waals surface area (Å²) in [6, 6.07) is 9.16. The van der Waals surface area contributed by atoms with Crippen LogP contribution in [0, 0.1) is 0 Å². The first-order valence-corrected chi connectivity index (χ1v) is 6.27. The summed E-state index contributed by atoms with van der Waals surface area (Å²) in [4.78, 5) is 0. The molecule has 0 spiro atoms. The number of benzene rings is 1. The van der Waals surface area contributed by atoms with Crippen LogP contribution in [0.3, 0.4) is 0 Å². The highest BCUT2D eigenvalue weighted by Crippen LogP contribution is 2.34. The SMILES string of the molecule is CCC(CCO)NCC1Cc2ccccc21. The summed E-state index contributed by atoms with van der Waals surface area (Å²) in [5.74, 6) is 0.684. The molecule has 0 heterocycles. The Morgan fingerprint density at radius 2 is 2.25 bits per heavy atom. The summed E-state index contributed by atoms with van der Waals surface area (Å²) < 4.78 is 0. The molecule has 0 saturated carbocycles. The molecule has 2 heteroatoms. The number of hydrogen-bond acceptors (Lipinski definition) is 2. The molecule has 0 aliphatic heterocycles. The largest absolute Gasteiger partial charge is 0.396 e. The fourth-order valence-corrected chi connectivity index (χ4v) is 2.46. The molecule has 88 valence electrons. The summed E-state index contributed by atoms with van der Waals surface area (Å²) in [5.41, 5.74) is 3.01. The minimum absolute atomic E-state index is 0.284. The van der Waals surface area contributed by atoms with E-state index in [0.717, 1.165) is 19.4 Å². The van der Waals surface area contributed by atoms with Gasteiger partial charge in [0.25, 0.3) is 0 Å². The lowest BCUT2D eigenvalue weighted by Gasteiger charge is -2.31. The van der Waals surface area contributed by atoms with E-state index in [1.165, 1.54) is 17.5 Å². The molecule has 2 N–H and O–H groups in total. The highest BCUT2D eigenvalue weighted by molar-refractivity contribution is 5.40. The summed E-state index contributed by atoms with van der Waals surface area (Å²) in [7, 11) is 0. The van der Waals surface area contributed by atoms with Crippen molar-refractivity contribution in [3.63, 3.8) is 0 Å². The number of hydrogen-bond donors (Lipinski definition) is 2. The molecule has 0 fully saturated rings. The van der Waals surface area contributed by atoms with Crippen molar-refractivity contribution in [3.05, 3.63) is 35.4 Å². The van der Waals surface area contributed by atoms with Crippen LogP contribution in [0.15, 0.2) is 24.3 Å². The van der Waals surface area contributed by atoms with Gasteiger partial charge in [-0.05, 0) is 30.4 Å². The van der Waals surface area contributed by atoms with Crippen LogP contribution in [0.5, 0.6) is 0 Å². The second kappa shape index (κ2) is 5.46. The van der Waals surface area contributed by atoms with E-state index in [9.17, 15) is 0 Å². The van der Waals surface area contributed by atoms with Gasteiger partial charge in [0.1, 0.15) is 0 Å². The summed E-state index contributed by atoms with van der Waals surface area (Å²) in [6.07, 6.45) is 3.17. The quantitative estimate of drug-likeness (QED) is 0.767. The molecule has 2 nitrogen and oxygen atoms in total. The fourth-order valence-electron chi connectivity index (χ4n) is 2.46. The van der Waals surface area contributed by atoms with Crippen molar-refractivity contribution in [2.75, 3.05) is 13.2 Å². The predicted octanol–water partition coefficient (Wildman–Crippen LogP) is 2.08. The molecule has 1 aromatic carbocycles. The fraction of sp³-hybridized carbons (Fsp3) is 0.571. The Kier molecular flexibility index (Phi) is 3.97. The predicted molar refractivity (Wildman–Crippen MR) is 66.7 cm³/mol. The van der Waals surface area contributed by atoms with Crippen LogP contribution in [-0.4, -0.2) is 24.3 Å². The molecule has 16 heavy (non-hydrogen) atoms. The Morgan fingerprint density at radius 3 is 2.94 bits per heavy atom. The van der Waals surface area contributed by atoms with E-state index in [4.69, 9.17) is 5.11 Å². The maximum Gasteiger partial charge on any atom is 0.0445 e. The molecule has 0 aromatic heterocycles. The van der Waals surface area contributed by atoms with Crippen LogP contribution in [0.25, 0.3) is 0 Å². The van der Waals surface area contributed by atoms with Gasteiger partial charge in [0.15, 0.2) is 0 Å². The zero-order valence-electron chi connectivity index (χ0n) is 9.95. The summed E-state index contributed by atoms with van der Waals surface area (Å²) in [6.45, 7) is 3.50. The van der Waals surface area contributed by atoms with Gasteiger partial charge in [0.2, 0.25) is 0 Å². The van der Waals surface area contributed by atoms with Crippen molar-refractivity contribution >= 4 is 0 Å². The first-order chi connectivity index (χ1) is 7.85. The summed E-state index contributed by atoms with van der Waals surface area (Å²) in [5, 5.41) is 12.5. The van der Waals surface area contributed by atoms with E-state index in [1.54, 1.807) is 0 Å². The maximum absolute atomic E-state index is 8.92. The molecule has 2 atom stereocenters. The Balaban J connectivity index is 1.81. The van der Waals surface area contributed by atoms with Crippen LogP contribution in [0.2, 0.25) is 0 Å². The lowest BCUT2D eigenvalue weighted by molar-refractivity contribution is 0.260. The monoisotopic (exact) mass is 219 g/mol. The van der Waals surface area contributed by atoms with E-state index >= 15 is 0 Å². The van der Waals surface area contributed by atoms with Gasteiger partial charge in [-0.25, -0.2) is 0 Å². The van der Waals surface area contributed by atoms with Gasteiger partial charge in [-0.3, -0.25) is 0 Å². The number of fused-ring (bicyclic) bond motifs is 1. The molecule has 0 radical (unpaired) electrons. The third kappa shape index (κ3) is 2.45. The lowest BCUT2D eigenvalue weighted by atomic mass is 9.77. The molecule has 0 saturated heterocycles. The van der Waals surface area contributed by atoms with Crippen molar-refractivity contribution in [1.82, 2.24) is 5.32 Å². The van der Waals surface area contributed by atoms with Crippen LogP contribution < -0.4 is 5.32 Å². The normalized spacial score (nSPS) is 20.0. The maximum atomic E-state index is 8.92. The zero-order chi connectivity index (χ0) is 11.4. The molecular formula is C14H21NO. The molecule has 1 aliphatic carbocycles. The molecule has 2 rings (SSSR count). The van der Waals surface area contributed by atoms with Crippen molar-refractivity contribution < 1.29 is 5.11 Å². The van der Waals surface area contributed by atoms with Crippen molar-refractivity contribution in [1.29, 1.82) is 0 Å². The summed E-state index contributed by atoms with van der Waals surface area (Å²) >= 11 is 0. The Labute approximate surface area is 97.7 Å². The minimum Gasteiger partial charge on any atom is -0.396 e. The van der Waals surface area contributed by atoms with Crippen LogP contribution in [0.1, 0.15) is 36.8 Å². The van der Waals surface area contributed by atoms with Crippen molar-refractivity contribution in [2.45, 2.75) is 38.1 Å². The average molecular weight is 219 g/mol. The molecular weight excluding hydrogens is 198 g/mol. The lowest BCUT2D eigenvalue weighted by Crippen LogP contribution is -2.36. The second-order valence-electron chi connectivity index (χ2n) is 4.63. The third-order valence-corrected chi connectivity index (χ3v) is 3.58. The van der Waals surface area contributed by atoms with Crippen LogP contribution in [0.4, 0.5) is 0 Å². The van der Waals surface area contributed by atoms with Gasteiger partial charge < -0.3 is 10.4 Å². The second-order valence-corrected chi connectivity index (χ2v) is 4.63. The van der Waals surface area contributed by atoms with E-state index in [1.807, 2.05) is 0 Å². The topological polar surface area (TPSA) is 32.3 Å². The molecule has 1 aromatic rings. The molecule has 1 aliphatic rings. The van der Waals surface area contributed by atoms with Gasteiger partial charge in [-0.1, -0.05) is 31.2 Å². The van der Waals surface area contributed by atoms with E-state index in [2.05, 4.69) is 36.5 Å². The van der Waals surface area contributed by atoms with Gasteiger partial charge >= 0.3 is 0 Å². The number of aliphatic hydroxyl groups excluding tert-OH is 1. The average Bonchev–Trinajstić information content (AvgIpc) is 2.29. The third-order valence-electron chi connectivity index (χ3n) is 3.58. The first-order valence-electron chi connectivity index (χ1n) is 6.27. The van der Waals surface area contributed by atoms with E-state index < -0.39 is 0 Å². The van der Waals surface area contributed by atoms with Gasteiger partial charge in [0, 0.05) is 25.1 Å². The number of rotatable bonds is 6. The molecule has 2 unspecified atom stereocenters. The molecule has 0 amide bonds. The van der Waals surface area contributed by atoms with Crippen molar-refractivity contribution in [2.24, 2.45) is 0 Å². The highest BCUT2D eigenvalue weighted by Gasteiger charge is 2.25. The standard InChI is InChI=1S/C14H21NO/c1-2-13(7-8-16)15-10-12-9-11-5-3-4-6-14(11)12/h3-6,12-13,15-16H,2,7-10H2,1H3. The van der Waals surface area contributed by atoms with Crippen LogP contribution >= 0.6 is 0 Å². The van der Waals surface area contributed by atoms with Crippen molar-refractivity contribution in [3.8, 4) is 0 Å². The Morgan fingerprint density at radius 1 is 1.44 bits per heavy atom. The van der Waals surface area contributed by atoms with Gasteiger partial charge in [-0.2, -0.15) is 0 Å². The zero-order valence-corrected chi connectivity index (χ0v) is 9.95. The van der Waals surface area contributed by atoms with Gasteiger partial charge in [0.05, 0.1) is 0 Å². The van der Waals surface area contributed by atoms with Gasteiger partial charge in [-0.15, -0.1) is 0 Å². The first kappa shape index (κ1) is 11.6. The Hall–Kier alpha value is -0.860.